The van der Waals surface area contributed by atoms with E-state index in [0.717, 1.165) is 47.5 Å². The topological polar surface area (TPSA) is 105 Å². The van der Waals surface area contributed by atoms with E-state index in [1.54, 1.807) is 15.9 Å². The molecule has 188 valence electrons. The largest absolute Gasteiger partial charge is 0.444 e. The van der Waals surface area contributed by atoms with E-state index in [2.05, 4.69) is 15.1 Å². The number of carbonyl (C=O) groups excluding carboxylic acids is 1. The second-order valence-corrected chi connectivity index (χ2v) is 12.3. The summed E-state index contributed by atoms with van der Waals surface area (Å²) in [6.45, 7) is 10.3. The van der Waals surface area contributed by atoms with Gasteiger partial charge in [-0.25, -0.2) is 19.3 Å². The van der Waals surface area contributed by atoms with Gasteiger partial charge in [-0.15, -0.1) is 11.3 Å². The van der Waals surface area contributed by atoms with E-state index >= 15 is 0 Å². The summed E-state index contributed by atoms with van der Waals surface area (Å²) >= 11 is 1.57. The second kappa shape index (κ2) is 7.86. The molecule has 1 amide bonds. The van der Waals surface area contributed by atoms with Gasteiger partial charge in [0.2, 0.25) is 0 Å². The number of nitrogens with one attached hydrogen (secondary N) is 1. The van der Waals surface area contributed by atoms with E-state index < -0.39 is 5.60 Å². The molecule has 1 aliphatic heterocycles. The molecule has 1 saturated heterocycles. The third kappa shape index (κ3) is 3.97. The number of rotatable bonds is 2. The van der Waals surface area contributed by atoms with Crippen LogP contribution in [0.3, 0.4) is 0 Å². The Morgan fingerprint density at radius 3 is 2.72 bits per heavy atom. The highest BCUT2D eigenvalue weighted by Gasteiger charge is 2.54. The van der Waals surface area contributed by atoms with Gasteiger partial charge in [0.05, 0.1) is 17.3 Å². The maximum absolute atomic E-state index is 13.0. The van der Waals surface area contributed by atoms with Gasteiger partial charge in [-0.3, -0.25) is 4.79 Å². The summed E-state index contributed by atoms with van der Waals surface area (Å²) < 4.78 is 7.41. The van der Waals surface area contributed by atoms with E-state index in [9.17, 15) is 9.59 Å². The van der Waals surface area contributed by atoms with Crippen molar-refractivity contribution in [2.75, 3.05) is 6.54 Å². The first-order valence-corrected chi connectivity index (χ1v) is 13.2. The Labute approximate surface area is 212 Å². The summed E-state index contributed by atoms with van der Waals surface area (Å²) in [5, 5.41) is 5.23. The minimum absolute atomic E-state index is 0.119. The first kappa shape index (κ1) is 23.1. The van der Waals surface area contributed by atoms with Crippen molar-refractivity contribution in [3.8, 4) is 11.5 Å². The zero-order valence-electron chi connectivity index (χ0n) is 21.2. The van der Waals surface area contributed by atoms with Crippen LogP contribution >= 0.6 is 11.3 Å². The van der Waals surface area contributed by atoms with Crippen LogP contribution in [0, 0.1) is 13.8 Å². The minimum atomic E-state index is -0.505. The highest BCUT2D eigenvalue weighted by Crippen LogP contribution is 2.53. The van der Waals surface area contributed by atoms with Crippen LogP contribution < -0.4 is 5.56 Å². The van der Waals surface area contributed by atoms with E-state index in [1.807, 2.05) is 57.8 Å². The zero-order chi connectivity index (χ0) is 25.4. The van der Waals surface area contributed by atoms with Crippen molar-refractivity contribution in [3.63, 3.8) is 0 Å². The molecule has 36 heavy (non-hydrogen) atoms. The fourth-order valence-electron chi connectivity index (χ4n) is 5.29. The lowest BCUT2D eigenvalue weighted by Gasteiger charge is -2.40. The monoisotopic (exact) mass is 506 g/mol. The quantitative estimate of drug-likeness (QED) is 0.412. The van der Waals surface area contributed by atoms with Crippen LogP contribution in [0.4, 0.5) is 4.79 Å². The molecule has 1 aliphatic carbocycles. The molecule has 0 radical (unpaired) electrons. The van der Waals surface area contributed by atoms with Gasteiger partial charge in [-0.2, -0.15) is 5.10 Å². The minimum Gasteiger partial charge on any atom is -0.444 e. The van der Waals surface area contributed by atoms with Gasteiger partial charge in [0.1, 0.15) is 16.1 Å². The molecule has 10 heteroatoms. The van der Waals surface area contributed by atoms with Crippen molar-refractivity contribution in [3.05, 3.63) is 44.8 Å². The van der Waals surface area contributed by atoms with E-state index in [1.165, 1.54) is 0 Å². The standard InChI is InChI=1S/C26H30N6O3S/c1-14-10-18(30-32-13-15(2)27-21(14)32)20-28-22(33)17-11-19(36-23(17)29-20)16-6-9-31(26(12-16)7-8-26)24(34)35-25(3,4)5/h10-11,13,16H,6-9,12H2,1-5H3,(H,28,29,33). The fraction of sp³-hybridized carbons (Fsp3) is 0.500. The Hall–Kier alpha value is -3.27. The van der Waals surface area contributed by atoms with Crippen LogP contribution in [0.15, 0.2) is 23.1 Å². The molecular formula is C26H30N6O3S. The molecule has 9 nitrogen and oxygen atoms in total. The van der Waals surface area contributed by atoms with Crippen molar-refractivity contribution in [2.45, 2.75) is 77.4 Å². The zero-order valence-corrected chi connectivity index (χ0v) is 22.0. The molecule has 6 rings (SSSR count). The summed E-state index contributed by atoms with van der Waals surface area (Å²) in [5.41, 5.74) is 2.47. The number of hydrogen-bond donors (Lipinski definition) is 1. The molecule has 0 aromatic carbocycles. The molecule has 4 aromatic rings. The van der Waals surface area contributed by atoms with Crippen molar-refractivity contribution < 1.29 is 9.53 Å². The lowest BCUT2D eigenvalue weighted by Crippen LogP contribution is -2.49. The summed E-state index contributed by atoms with van der Waals surface area (Å²) in [6.07, 6.45) is 5.38. The Bertz CT molecular complexity index is 1570. The maximum atomic E-state index is 13.0. The predicted octanol–water partition coefficient (Wildman–Crippen LogP) is 4.96. The number of fused-ring (bicyclic) bond motifs is 2. The number of aryl methyl sites for hydroxylation is 2. The summed E-state index contributed by atoms with van der Waals surface area (Å²) in [5.74, 6) is 0.745. The van der Waals surface area contributed by atoms with E-state index in [-0.39, 0.29) is 17.2 Å². The van der Waals surface area contributed by atoms with Crippen molar-refractivity contribution in [1.29, 1.82) is 0 Å². The molecule has 0 bridgehead atoms. The number of hydrogen-bond acceptors (Lipinski definition) is 7. The van der Waals surface area contributed by atoms with Crippen molar-refractivity contribution in [1.82, 2.24) is 29.5 Å². The number of thiophene rings is 1. The number of likely N-dealkylation sites (tertiary alicyclic amines) is 1. The maximum Gasteiger partial charge on any atom is 0.410 e. The van der Waals surface area contributed by atoms with E-state index in [0.29, 0.717) is 34.2 Å². The van der Waals surface area contributed by atoms with Crippen LogP contribution in [0.25, 0.3) is 27.4 Å². The highest BCUT2D eigenvalue weighted by molar-refractivity contribution is 7.18. The van der Waals surface area contributed by atoms with Crippen LogP contribution in [0.1, 0.15) is 68.5 Å². The summed E-state index contributed by atoms with van der Waals surface area (Å²) in [4.78, 5) is 41.9. The Balaban J connectivity index is 1.30. The normalized spacial score (nSPS) is 19.4. The van der Waals surface area contributed by atoms with Crippen molar-refractivity contribution in [2.24, 2.45) is 0 Å². The number of piperidine rings is 1. The molecule has 2 fully saturated rings. The number of ether oxygens (including phenoxy) is 1. The lowest BCUT2D eigenvalue weighted by atomic mass is 9.88. The number of aromatic nitrogens is 5. The first-order chi connectivity index (χ1) is 17.0. The van der Waals surface area contributed by atoms with Gasteiger partial charge >= 0.3 is 6.09 Å². The number of imidazole rings is 1. The first-order valence-electron chi connectivity index (χ1n) is 12.4. The lowest BCUT2D eigenvalue weighted by molar-refractivity contribution is 0.00385. The molecule has 5 heterocycles. The third-order valence-electron chi connectivity index (χ3n) is 7.14. The molecule has 2 aliphatic rings. The average molecular weight is 507 g/mol. The van der Waals surface area contributed by atoms with Crippen LogP contribution in [-0.4, -0.2) is 53.2 Å². The van der Waals surface area contributed by atoms with Gasteiger partial charge in [-0.05, 0) is 83.9 Å². The predicted molar refractivity (Wildman–Crippen MR) is 139 cm³/mol. The van der Waals surface area contributed by atoms with Gasteiger partial charge in [-0.1, -0.05) is 0 Å². The molecule has 1 spiro atoms. The van der Waals surface area contributed by atoms with Crippen LogP contribution in [-0.2, 0) is 4.74 Å². The molecule has 1 atom stereocenters. The summed E-state index contributed by atoms with van der Waals surface area (Å²) in [6, 6.07) is 3.89. The Morgan fingerprint density at radius 2 is 2.00 bits per heavy atom. The molecule has 1 unspecified atom stereocenters. The number of nitrogens with zero attached hydrogens (tertiary/aromatic N) is 5. The number of carbonyl (C=O) groups is 1. The van der Waals surface area contributed by atoms with E-state index in [4.69, 9.17) is 9.72 Å². The smallest absolute Gasteiger partial charge is 0.410 e. The highest BCUT2D eigenvalue weighted by atomic mass is 32.1. The molecule has 1 saturated carbocycles. The number of amides is 1. The van der Waals surface area contributed by atoms with Gasteiger partial charge < -0.3 is 14.6 Å². The Morgan fingerprint density at radius 1 is 1.22 bits per heavy atom. The summed E-state index contributed by atoms with van der Waals surface area (Å²) in [7, 11) is 0. The number of aromatic amines is 1. The van der Waals surface area contributed by atoms with Gasteiger partial charge in [0.15, 0.2) is 11.5 Å². The van der Waals surface area contributed by atoms with Crippen LogP contribution in [0.5, 0.6) is 0 Å². The molecule has 4 aromatic heterocycles. The Kier molecular flexibility index (Phi) is 5.06. The SMILES string of the molecule is Cc1cn2nc(-c3nc4sc(C5CCN(C(=O)OC(C)(C)C)C6(CC6)C5)cc4c(=O)[nH]3)cc(C)c2n1. The van der Waals surface area contributed by atoms with Crippen molar-refractivity contribution >= 4 is 33.3 Å². The van der Waals surface area contributed by atoms with Gasteiger partial charge in [0.25, 0.3) is 5.56 Å². The molecule has 1 N–H and O–H groups in total. The molecular weight excluding hydrogens is 476 g/mol. The third-order valence-corrected chi connectivity index (χ3v) is 8.33. The van der Waals surface area contributed by atoms with Gasteiger partial charge in [0, 0.05) is 17.0 Å². The average Bonchev–Trinajstić information content (AvgIpc) is 3.23. The number of H-pyrrole nitrogens is 1. The van der Waals surface area contributed by atoms with Crippen LogP contribution in [0.2, 0.25) is 0 Å². The second-order valence-electron chi connectivity index (χ2n) is 11.2. The fourth-order valence-corrected chi connectivity index (χ4v) is 6.46.